The molecule has 4 nitrogen and oxygen atoms in total. The molecule has 3 N–H and O–H groups in total. The van der Waals surface area contributed by atoms with Crippen molar-refractivity contribution in [3.8, 4) is 0 Å². The van der Waals surface area contributed by atoms with E-state index < -0.39 is 5.60 Å². The number of halogens is 1. The highest BCUT2D eigenvalue weighted by Gasteiger charge is 2.30. The van der Waals surface area contributed by atoms with Crippen molar-refractivity contribution in [2.75, 3.05) is 26.8 Å². The van der Waals surface area contributed by atoms with Crippen molar-refractivity contribution in [2.24, 2.45) is 5.73 Å². The lowest BCUT2D eigenvalue weighted by Crippen LogP contribution is -2.31. The van der Waals surface area contributed by atoms with Gasteiger partial charge in [-0.1, -0.05) is 84.4 Å². The first-order valence-corrected chi connectivity index (χ1v) is 12.9. The molecule has 35 heavy (non-hydrogen) atoms. The molecule has 0 radical (unpaired) electrons. The molecule has 0 bridgehead atoms. The van der Waals surface area contributed by atoms with Crippen molar-refractivity contribution >= 4 is 11.6 Å². The van der Waals surface area contributed by atoms with Crippen molar-refractivity contribution in [1.29, 1.82) is 0 Å². The summed E-state index contributed by atoms with van der Waals surface area (Å²) in [5, 5.41) is 9.42. The van der Waals surface area contributed by atoms with Crippen LogP contribution in [-0.4, -0.2) is 48.9 Å². The summed E-state index contributed by atoms with van der Waals surface area (Å²) in [4.78, 5) is 2.45. The molecule has 0 aromatic heterocycles. The molecule has 3 aromatic rings. The average molecular weight is 495 g/mol. The van der Waals surface area contributed by atoms with Gasteiger partial charge in [-0.05, 0) is 75.0 Å². The normalized spacial score (nSPS) is 18.4. The molecular formula is C30H39ClN2O2. The predicted octanol–water partition coefficient (Wildman–Crippen LogP) is 5.65. The minimum Gasteiger partial charge on any atom is -0.395 e. The number of hydrogen-bond acceptors (Lipinski definition) is 4. The van der Waals surface area contributed by atoms with E-state index in [1.807, 2.05) is 48.5 Å². The molecule has 0 aliphatic carbocycles. The van der Waals surface area contributed by atoms with Gasteiger partial charge in [0, 0.05) is 23.7 Å². The Hall–Kier alpha value is -2.21. The van der Waals surface area contributed by atoms with Crippen LogP contribution in [-0.2, 0) is 16.8 Å². The van der Waals surface area contributed by atoms with Crippen molar-refractivity contribution < 1.29 is 9.84 Å². The third-order valence-corrected chi connectivity index (χ3v) is 7.06. The quantitative estimate of drug-likeness (QED) is 0.403. The molecule has 5 heteroatoms. The van der Waals surface area contributed by atoms with Gasteiger partial charge in [0.1, 0.15) is 5.60 Å². The molecule has 4 rings (SSSR count). The Morgan fingerprint density at radius 1 is 1.00 bits per heavy atom. The topological polar surface area (TPSA) is 58.7 Å². The summed E-state index contributed by atoms with van der Waals surface area (Å²) in [6.45, 7) is 4.17. The van der Waals surface area contributed by atoms with Crippen LogP contribution < -0.4 is 5.73 Å². The summed E-state index contributed by atoms with van der Waals surface area (Å²) in [7, 11) is 2.22. The second-order valence-corrected chi connectivity index (χ2v) is 9.89. The molecule has 1 aliphatic rings. The van der Waals surface area contributed by atoms with Crippen LogP contribution in [0.2, 0.25) is 5.02 Å². The van der Waals surface area contributed by atoms with Gasteiger partial charge in [0.05, 0.1) is 6.61 Å². The smallest absolute Gasteiger partial charge is 0.115 e. The largest absolute Gasteiger partial charge is 0.395 e. The first-order valence-electron chi connectivity index (χ1n) is 12.5. The van der Waals surface area contributed by atoms with Gasteiger partial charge in [-0.3, -0.25) is 0 Å². The highest BCUT2D eigenvalue weighted by molar-refractivity contribution is 6.30. The number of aliphatic hydroxyl groups excluding tert-OH is 1. The minimum absolute atomic E-state index is 0.0505. The van der Waals surface area contributed by atoms with Crippen LogP contribution in [0.5, 0.6) is 0 Å². The number of nitrogens with zero attached hydrogens (tertiary/aromatic N) is 1. The van der Waals surface area contributed by atoms with E-state index in [9.17, 15) is 0 Å². The Balaban J connectivity index is 0.000000261. The van der Waals surface area contributed by atoms with Gasteiger partial charge in [-0.25, -0.2) is 0 Å². The lowest BCUT2D eigenvalue weighted by atomic mass is 9.88. The molecule has 1 aliphatic heterocycles. The summed E-state index contributed by atoms with van der Waals surface area (Å²) in [6, 6.07) is 28.9. The van der Waals surface area contributed by atoms with E-state index in [2.05, 4.69) is 55.3 Å². The summed E-state index contributed by atoms with van der Waals surface area (Å²) in [5.41, 5.74) is 8.58. The number of aliphatic hydroxyl groups is 1. The van der Waals surface area contributed by atoms with Gasteiger partial charge >= 0.3 is 0 Å². The zero-order valence-corrected chi connectivity index (χ0v) is 21.7. The highest BCUT2D eigenvalue weighted by Crippen LogP contribution is 2.34. The monoisotopic (exact) mass is 494 g/mol. The van der Waals surface area contributed by atoms with Gasteiger partial charge in [-0.2, -0.15) is 0 Å². The van der Waals surface area contributed by atoms with Gasteiger partial charge in [0.25, 0.3) is 0 Å². The molecular weight excluding hydrogens is 456 g/mol. The third kappa shape index (κ3) is 8.16. The Bertz CT molecular complexity index is 984. The molecule has 0 spiro atoms. The Morgan fingerprint density at radius 2 is 1.60 bits per heavy atom. The predicted molar refractivity (Wildman–Crippen MR) is 146 cm³/mol. The Kier molecular flexibility index (Phi) is 10.8. The summed E-state index contributed by atoms with van der Waals surface area (Å²) in [5.74, 6) is 0. The van der Waals surface area contributed by atoms with E-state index in [0.717, 1.165) is 30.0 Å². The summed E-state index contributed by atoms with van der Waals surface area (Å²) < 4.78 is 6.48. The van der Waals surface area contributed by atoms with E-state index in [1.54, 1.807) is 0 Å². The van der Waals surface area contributed by atoms with E-state index in [1.165, 1.54) is 30.5 Å². The van der Waals surface area contributed by atoms with Crippen LogP contribution in [0.25, 0.3) is 0 Å². The fourth-order valence-corrected chi connectivity index (χ4v) is 4.71. The van der Waals surface area contributed by atoms with Gasteiger partial charge in [-0.15, -0.1) is 0 Å². The Labute approximate surface area is 215 Å². The number of benzene rings is 3. The van der Waals surface area contributed by atoms with Crippen molar-refractivity contribution in [3.63, 3.8) is 0 Å². The molecule has 0 amide bonds. The number of hydrogen-bond donors (Lipinski definition) is 2. The van der Waals surface area contributed by atoms with E-state index in [4.69, 9.17) is 27.2 Å². The number of ether oxygens (including phenoxy) is 1. The van der Waals surface area contributed by atoms with E-state index >= 15 is 0 Å². The van der Waals surface area contributed by atoms with Gasteiger partial charge < -0.3 is 20.5 Å². The number of nitrogens with two attached hydrogens (primary N) is 1. The first-order chi connectivity index (χ1) is 16.9. The standard InChI is InChI=1S/C21H26ClNO.C9H13NO/c1-21(17-7-4-3-5-8-17,18-10-12-19(22)13-11-18)24-16-14-20-9-6-15-23(20)2;10-9(7-11)6-8-4-2-1-3-5-8/h3-5,7-8,10-13,20H,6,9,14-16H2,1-2H3;1-5,9,11H,6-7,10H2. The molecule has 1 saturated heterocycles. The van der Waals surface area contributed by atoms with Gasteiger partial charge in [0.2, 0.25) is 0 Å². The zero-order valence-electron chi connectivity index (χ0n) is 20.9. The van der Waals surface area contributed by atoms with Crippen LogP contribution in [0, 0.1) is 0 Å². The maximum absolute atomic E-state index is 8.67. The second-order valence-electron chi connectivity index (χ2n) is 9.45. The van der Waals surface area contributed by atoms with Crippen LogP contribution in [0.4, 0.5) is 0 Å². The molecule has 3 aromatic carbocycles. The van der Waals surface area contributed by atoms with Crippen LogP contribution >= 0.6 is 11.6 Å². The van der Waals surface area contributed by atoms with Gasteiger partial charge in [0.15, 0.2) is 0 Å². The average Bonchev–Trinajstić information content (AvgIpc) is 3.30. The lowest BCUT2D eigenvalue weighted by molar-refractivity contribution is -0.0117. The lowest BCUT2D eigenvalue weighted by Gasteiger charge is -2.32. The zero-order chi connectivity index (χ0) is 25.1. The highest BCUT2D eigenvalue weighted by atomic mass is 35.5. The first kappa shape index (κ1) is 27.4. The number of rotatable bonds is 9. The van der Waals surface area contributed by atoms with Crippen LogP contribution in [0.15, 0.2) is 84.9 Å². The van der Waals surface area contributed by atoms with Crippen LogP contribution in [0.1, 0.15) is 42.9 Å². The third-order valence-electron chi connectivity index (χ3n) is 6.81. The summed E-state index contributed by atoms with van der Waals surface area (Å²) in [6.07, 6.45) is 4.40. The summed E-state index contributed by atoms with van der Waals surface area (Å²) >= 11 is 6.07. The molecule has 188 valence electrons. The molecule has 0 saturated carbocycles. The number of likely N-dealkylation sites (tertiary alicyclic amines) is 1. The molecule has 1 heterocycles. The minimum atomic E-state index is -0.455. The maximum Gasteiger partial charge on any atom is 0.115 e. The fraction of sp³-hybridized carbons (Fsp3) is 0.400. The van der Waals surface area contributed by atoms with E-state index in [0.29, 0.717) is 6.04 Å². The fourth-order valence-electron chi connectivity index (χ4n) is 4.58. The molecule has 1 fully saturated rings. The molecule has 3 unspecified atom stereocenters. The SMILES string of the molecule is CN1CCCC1CCOC(C)(c1ccccc1)c1ccc(Cl)cc1.NC(CO)Cc1ccccc1. The van der Waals surface area contributed by atoms with Crippen molar-refractivity contribution in [1.82, 2.24) is 4.90 Å². The molecule has 3 atom stereocenters. The van der Waals surface area contributed by atoms with E-state index in [-0.39, 0.29) is 12.6 Å². The van der Waals surface area contributed by atoms with Crippen LogP contribution in [0.3, 0.4) is 0 Å². The Morgan fingerprint density at radius 3 is 2.17 bits per heavy atom. The second kappa shape index (κ2) is 13.8. The maximum atomic E-state index is 8.67. The van der Waals surface area contributed by atoms with Crippen molar-refractivity contribution in [3.05, 3.63) is 107 Å². The van der Waals surface area contributed by atoms with Crippen molar-refractivity contribution in [2.45, 2.75) is 50.3 Å².